The number of carbonyl (C=O) groups is 1. The van der Waals surface area contributed by atoms with Crippen molar-refractivity contribution in [2.24, 2.45) is 0 Å². The summed E-state index contributed by atoms with van der Waals surface area (Å²) in [5.41, 5.74) is 0.874. The smallest absolute Gasteiger partial charge is 0.317 e. The average Bonchev–Trinajstić information content (AvgIpc) is 2.70. The van der Waals surface area contributed by atoms with Gasteiger partial charge in [-0.25, -0.2) is 9.18 Å². The van der Waals surface area contributed by atoms with E-state index in [9.17, 15) is 9.18 Å². The number of hydrogen-bond donors (Lipinski definition) is 1. The summed E-state index contributed by atoms with van der Waals surface area (Å²) in [6, 6.07) is 10.8. The molecule has 1 N–H and O–H groups in total. The molecule has 0 aliphatic heterocycles. The summed E-state index contributed by atoms with van der Waals surface area (Å²) >= 11 is 0. The molecule has 0 heterocycles. The van der Waals surface area contributed by atoms with Gasteiger partial charge in [0.2, 0.25) is 0 Å². The number of methoxy groups -OCH3 is 2. The highest BCUT2D eigenvalue weighted by Crippen LogP contribution is 2.31. The number of benzene rings is 2. The van der Waals surface area contributed by atoms with Gasteiger partial charge < -0.3 is 24.4 Å². The van der Waals surface area contributed by atoms with Crippen LogP contribution in [0.1, 0.15) is 18.5 Å². The highest BCUT2D eigenvalue weighted by atomic mass is 19.1. The third-order valence-electron chi connectivity index (χ3n) is 4.25. The molecule has 2 amide bonds. The van der Waals surface area contributed by atoms with Gasteiger partial charge in [-0.05, 0) is 43.3 Å². The maximum Gasteiger partial charge on any atom is 0.317 e. The summed E-state index contributed by atoms with van der Waals surface area (Å²) in [5, 5.41) is 2.80. The van der Waals surface area contributed by atoms with Gasteiger partial charge in [0.15, 0.2) is 0 Å². The van der Waals surface area contributed by atoms with Crippen molar-refractivity contribution < 1.29 is 23.4 Å². The Kier molecular flexibility index (Phi) is 7.28. The quantitative estimate of drug-likeness (QED) is 0.715. The highest BCUT2D eigenvalue weighted by Gasteiger charge is 2.20. The van der Waals surface area contributed by atoms with Crippen LogP contribution in [0.2, 0.25) is 0 Å². The number of halogens is 1. The Morgan fingerprint density at radius 1 is 1.11 bits per heavy atom. The molecule has 2 rings (SSSR count). The first-order chi connectivity index (χ1) is 13.0. The number of nitrogens with one attached hydrogen (secondary N) is 1. The standard InChI is InChI=1S/C20H25FN2O4/c1-14(18-10-9-17(25-3)13-19(18)26-4)23(2)20(24)22-11-12-27-16-7-5-15(21)6-8-16/h5-10,13-14H,11-12H2,1-4H3,(H,22,24)/t14-/m0/s1. The monoisotopic (exact) mass is 376 g/mol. The summed E-state index contributed by atoms with van der Waals surface area (Å²) in [6.45, 7) is 2.53. The minimum Gasteiger partial charge on any atom is -0.497 e. The molecule has 2 aromatic rings. The number of nitrogens with zero attached hydrogens (tertiary/aromatic N) is 1. The predicted octanol–water partition coefficient (Wildman–Crippen LogP) is 3.62. The molecular weight excluding hydrogens is 351 g/mol. The molecule has 6 nitrogen and oxygen atoms in total. The third kappa shape index (κ3) is 5.51. The van der Waals surface area contributed by atoms with Crippen LogP contribution >= 0.6 is 0 Å². The van der Waals surface area contributed by atoms with Crippen LogP contribution < -0.4 is 19.5 Å². The fourth-order valence-corrected chi connectivity index (χ4v) is 2.53. The van der Waals surface area contributed by atoms with Gasteiger partial charge in [-0.3, -0.25) is 0 Å². The number of urea groups is 1. The van der Waals surface area contributed by atoms with Crippen molar-refractivity contribution in [1.29, 1.82) is 0 Å². The van der Waals surface area contributed by atoms with Crippen molar-refractivity contribution in [2.75, 3.05) is 34.4 Å². The summed E-state index contributed by atoms with van der Waals surface area (Å²) in [4.78, 5) is 14.0. The maximum atomic E-state index is 12.8. The largest absolute Gasteiger partial charge is 0.497 e. The van der Waals surface area contributed by atoms with Crippen LogP contribution in [-0.4, -0.2) is 45.3 Å². The molecule has 0 spiro atoms. The zero-order valence-corrected chi connectivity index (χ0v) is 16.0. The fourth-order valence-electron chi connectivity index (χ4n) is 2.53. The summed E-state index contributed by atoms with van der Waals surface area (Å²) in [6.07, 6.45) is 0. The van der Waals surface area contributed by atoms with E-state index in [1.54, 1.807) is 44.4 Å². The van der Waals surface area contributed by atoms with E-state index in [1.165, 1.54) is 12.1 Å². The summed E-state index contributed by atoms with van der Waals surface area (Å²) < 4.78 is 28.9. The van der Waals surface area contributed by atoms with Gasteiger partial charge in [-0.2, -0.15) is 0 Å². The van der Waals surface area contributed by atoms with Gasteiger partial charge in [0.25, 0.3) is 0 Å². The van der Waals surface area contributed by atoms with E-state index in [4.69, 9.17) is 14.2 Å². The van der Waals surface area contributed by atoms with Crippen molar-refractivity contribution >= 4 is 6.03 Å². The predicted molar refractivity (Wildman–Crippen MR) is 101 cm³/mol. The first-order valence-corrected chi connectivity index (χ1v) is 8.57. The molecular formula is C20H25FN2O4. The van der Waals surface area contributed by atoms with Crippen LogP contribution in [-0.2, 0) is 0 Å². The lowest BCUT2D eigenvalue weighted by molar-refractivity contribution is 0.190. The Morgan fingerprint density at radius 2 is 1.78 bits per heavy atom. The molecule has 0 radical (unpaired) electrons. The van der Waals surface area contributed by atoms with E-state index in [1.807, 2.05) is 19.1 Å². The molecule has 0 saturated carbocycles. The minimum atomic E-state index is -0.319. The molecule has 0 aromatic heterocycles. The van der Waals surface area contributed by atoms with Gasteiger partial charge >= 0.3 is 6.03 Å². The van der Waals surface area contributed by atoms with E-state index in [-0.39, 0.29) is 24.5 Å². The van der Waals surface area contributed by atoms with Gasteiger partial charge in [0, 0.05) is 18.7 Å². The number of ether oxygens (including phenoxy) is 3. The Bertz CT molecular complexity index is 752. The molecule has 1 atom stereocenters. The van der Waals surface area contributed by atoms with Crippen molar-refractivity contribution in [1.82, 2.24) is 10.2 Å². The molecule has 2 aromatic carbocycles. The van der Waals surface area contributed by atoms with Crippen molar-refractivity contribution in [3.05, 3.63) is 53.8 Å². The van der Waals surface area contributed by atoms with E-state index >= 15 is 0 Å². The zero-order valence-electron chi connectivity index (χ0n) is 16.0. The van der Waals surface area contributed by atoms with Crippen LogP contribution in [0, 0.1) is 5.82 Å². The fraction of sp³-hybridized carbons (Fsp3) is 0.350. The van der Waals surface area contributed by atoms with Gasteiger partial charge in [-0.1, -0.05) is 0 Å². The Balaban J connectivity index is 1.87. The number of carbonyl (C=O) groups excluding carboxylic acids is 1. The number of hydrogen-bond acceptors (Lipinski definition) is 4. The van der Waals surface area contributed by atoms with E-state index in [2.05, 4.69) is 5.32 Å². The van der Waals surface area contributed by atoms with E-state index in [0.717, 1.165) is 5.56 Å². The second-order valence-electron chi connectivity index (χ2n) is 5.93. The number of rotatable bonds is 8. The molecule has 27 heavy (non-hydrogen) atoms. The SMILES string of the molecule is COc1ccc([C@H](C)N(C)C(=O)NCCOc2ccc(F)cc2)c(OC)c1. The summed E-state index contributed by atoms with van der Waals surface area (Å²) in [5.74, 6) is 1.57. The lowest BCUT2D eigenvalue weighted by Crippen LogP contribution is -2.40. The molecule has 0 aliphatic rings. The van der Waals surface area contributed by atoms with Crippen LogP contribution in [0.15, 0.2) is 42.5 Å². The molecule has 0 bridgehead atoms. The molecule has 146 valence electrons. The third-order valence-corrected chi connectivity index (χ3v) is 4.25. The van der Waals surface area contributed by atoms with Crippen molar-refractivity contribution in [2.45, 2.75) is 13.0 Å². The van der Waals surface area contributed by atoms with Crippen LogP contribution in [0.4, 0.5) is 9.18 Å². The Labute approximate surface area is 158 Å². The van der Waals surface area contributed by atoms with Crippen LogP contribution in [0.3, 0.4) is 0 Å². The Morgan fingerprint density at radius 3 is 2.41 bits per heavy atom. The normalized spacial score (nSPS) is 11.4. The van der Waals surface area contributed by atoms with Gasteiger partial charge in [-0.15, -0.1) is 0 Å². The molecule has 0 aliphatic carbocycles. The molecule has 0 unspecified atom stereocenters. The Hall–Kier alpha value is -2.96. The highest BCUT2D eigenvalue weighted by molar-refractivity contribution is 5.74. The molecule has 0 saturated heterocycles. The topological polar surface area (TPSA) is 60.0 Å². The molecule has 7 heteroatoms. The summed E-state index contributed by atoms with van der Waals surface area (Å²) in [7, 11) is 4.88. The van der Waals surface area contributed by atoms with Crippen LogP contribution in [0.25, 0.3) is 0 Å². The van der Waals surface area contributed by atoms with Gasteiger partial charge in [0.05, 0.1) is 26.8 Å². The maximum absolute atomic E-state index is 12.8. The lowest BCUT2D eigenvalue weighted by Gasteiger charge is -2.27. The first-order valence-electron chi connectivity index (χ1n) is 8.57. The van der Waals surface area contributed by atoms with E-state index in [0.29, 0.717) is 23.8 Å². The second kappa shape index (κ2) is 9.66. The number of amides is 2. The van der Waals surface area contributed by atoms with Crippen molar-refractivity contribution in [3.8, 4) is 17.2 Å². The van der Waals surface area contributed by atoms with Gasteiger partial charge in [0.1, 0.15) is 29.7 Å². The van der Waals surface area contributed by atoms with Crippen molar-refractivity contribution in [3.63, 3.8) is 0 Å². The zero-order chi connectivity index (χ0) is 19.8. The van der Waals surface area contributed by atoms with Crippen LogP contribution in [0.5, 0.6) is 17.2 Å². The second-order valence-corrected chi connectivity index (χ2v) is 5.93. The minimum absolute atomic E-state index is 0.205. The average molecular weight is 376 g/mol. The lowest BCUT2D eigenvalue weighted by atomic mass is 10.1. The van der Waals surface area contributed by atoms with E-state index < -0.39 is 0 Å². The first kappa shape index (κ1) is 20.4. The molecule has 0 fully saturated rings.